The van der Waals surface area contributed by atoms with Gasteiger partial charge in [-0.15, -0.1) is 11.3 Å². The molecule has 2 aromatic carbocycles. The van der Waals surface area contributed by atoms with Crippen LogP contribution in [0.5, 0.6) is 0 Å². The summed E-state index contributed by atoms with van der Waals surface area (Å²) < 4.78 is 6.60. The van der Waals surface area contributed by atoms with E-state index in [4.69, 9.17) is 16.3 Å². The first-order valence-corrected chi connectivity index (χ1v) is 15.2. The summed E-state index contributed by atoms with van der Waals surface area (Å²) in [5.74, 6) is -0.0468. The van der Waals surface area contributed by atoms with E-state index in [0.29, 0.717) is 16.4 Å². The molecular weight excluding hydrogens is 554 g/mol. The maximum absolute atomic E-state index is 14.2. The summed E-state index contributed by atoms with van der Waals surface area (Å²) in [6, 6.07) is 20.3. The molecule has 214 valence electrons. The molecule has 4 aromatic rings. The van der Waals surface area contributed by atoms with Crippen molar-refractivity contribution in [3.05, 3.63) is 88.5 Å². The number of benzene rings is 2. The molecule has 8 heteroatoms. The Morgan fingerprint density at radius 2 is 1.63 bits per heavy atom. The van der Waals surface area contributed by atoms with Gasteiger partial charge in [-0.1, -0.05) is 48.0 Å². The van der Waals surface area contributed by atoms with Crippen LogP contribution < -0.4 is 0 Å². The summed E-state index contributed by atoms with van der Waals surface area (Å²) in [5, 5.41) is 1.43. The molecule has 2 aromatic heterocycles. The summed E-state index contributed by atoms with van der Waals surface area (Å²) in [5.41, 5.74) is 2.68. The first-order valence-electron chi connectivity index (χ1n) is 14.0. The minimum absolute atomic E-state index is 0.0247. The smallest absolute Gasteiger partial charge is 0.410 e. The van der Waals surface area contributed by atoms with Crippen molar-refractivity contribution in [2.24, 2.45) is 0 Å². The van der Waals surface area contributed by atoms with Crippen LogP contribution in [0.4, 0.5) is 4.79 Å². The lowest BCUT2D eigenvalue weighted by Gasteiger charge is -2.40. The Labute approximate surface area is 250 Å². The number of carbonyl (C=O) groups excluding carboxylic acids is 2. The van der Waals surface area contributed by atoms with Gasteiger partial charge in [0.2, 0.25) is 0 Å². The van der Waals surface area contributed by atoms with Crippen LogP contribution in [-0.4, -0.2) is 51.5 Å². The lowest BCUT2D eigenvalue weighted by atomic mass is 9.89. The van der Waals surface area contributed by atoms with Crippen molar-refractivity contribution in [2.45, 2.75) is 70.7 Å². The van der Waals surface area contributed by atoms with Gasteiger partial charge in [-0.05, 0) is 87.4 Å². The van der Waals surface area contributed by atoms with E-state index in [0.717, 1.165) is 52.5 Å². The van der Waals surface area contributed by atoms with E-state index in [1.54, 1.807) is 17.3 Å². The van der Waals surface area contributed by atoms with Gasteiger partial charge in [0, 0.05) is 48.2 Å². The topological polar surface area (TPSA) is 62.7 Å². The molecule has 0 radical (unpaired) electrons. The van der Waals surface area contributed by atoms with Gasteiger partial charge in [0.15, 0.2) is 0 Å². The van der Waals surface area contributed by atoms with Gasteiger partial charge in [0.25, 0.3) is 5.91 Å². The van der Waals surface area contributed by atoms with E-state index in [1.807, 2.05) is 75.2 Å². The van der Waals surface area contributed by atoms with E-state index < -0.39 is 5.60 Å². The second-order valence-electron chi connectivity index (χ2n) is 11.7. The molecule has 0 atom stereocenters. The van der Waals surface area contributed by atoms with Crippen LogP contribution in [0.1, 0.15) is 61.7 Å². The minimum Gasteiger partial charge on any atom is -0.444 e. The molecule has 1 aliphatic rings. The van der Waals surface area contributed by atoms with Crippen molar-refractivity contribution in [2.75, 3.05) is 7.05 Å². The molecule has 0 spiro atoms. The number of carbonyl (C=O) groups is 2. The summed E-state index contributed by atoms with van der Waals surface area (Å²) in [6.45, 7) is 6.10. The molecule has 0 aliphatic heterocycles. The SMILES string of the molecule is CN(C(=O)OC(C)(C)C)C1CCC(N(Cc2cccc(-c3ccncc3)c2)C(=O)c2sc3ccccc3c2Cl)CC1. The molecule has 5 rings (SSSR count). The Morgan fingerprint density at radius 1 is 0.951 bits per heavy atom. The maximum Gasteiger partial charge on any atom is 0.410 e. The number of ether oxygens (including phenoxy) is 1. The van der Waals surface area contributed by atoms with E-state index >= 15 is 0 Å². The fourth-order valence-corrected chi connectivity index (χ4v) is 6.95. The average Bonchev–Trinajstić information content (AvgIpc) is 3.31. The van der Waals surface area contributed by atoms with Crippen LogP contribution in [0.3, 0.4) is 0 Å². The quantitative estimate of drug-likeness (QED) is 0.226. The molecule has 2 heterocycles. The normalized spacial score (nSPS) is 17.3. The summed E-state index contributed by atoms with van der Waals surface area (Å²) in [6.07, 6.45) is 6.43. The molecule has 41 heavy (non-hydrogen) atoms. The molecule has 0 unspecified atom stereocenters. The maximum atomic E-state index is 14.2. The van der Waals surface area contributed by atoms with Crippen molar-refractivity contribution in [3.8, 4) is 11.1 Å². The van der Waals surface area contributed by atoms with Crippen molar-refractivity contribution < 1.29 is 14.3 Å². The van der Waals surface area contributed by atoms with Crippen LogP contribution in [0.25, 0.3) is 21.2 Å². The second-order valence-corrected chi connectivity index (χ2v) is 13.1. The van der Waals surface area contributed by atoms with Crippen molar-refractivity contribution in [1.82, 2.24) is 14.8 Å². The highest BCUT2D eigenvalue weighted by Gasteiger charge is 2.34. The molecule has 0 saturated heterocycles. The zero-order chi connectivity index (χ0) is 29.1. The van der Waals surface area contributed by atoms with E-state index in [-0.39, 0.29) is 24.1 Å². The van der Waals surface area contributed by atoms with Crippen LogP contribution in [0, 0.1) is 0 Å². The Balaban J connectivity index is 1.40. The Morgan fingerprint density at radius 3 is 2.32 bits per heavy atom. The molecule has 1 fully saturated rings. The number of halogens is 1. The number of fused-ring (bicyclic) bond motifs is 1. The number of nitrogens with zero attached hydrogens (tertiary/aromatic N) is 3. The third kappa shape index (κ3) is 6.74. The highest BCUT2D eigenvalue weighted by Crippen LogP contribution is 2.38. The van der Waals surface area contributed by atoms with Crippen molar-refractivity contribution in [3.63, 3.8) is 0 Å². The number of amides is 2. The first-order chi connectivity index (χ1) is 19.6. The number of hydrogen-bond donors (Lipinski definition) is 0. The van der Waals surface area contributed by atoms with E-state index in [1.165, 1.54) is 11.3 Å². The van der Waals surface area contributed by atoms with Crippen LogP contribution in [0.15, 0.2) is 73.1 Å². The average molecular weight is 590 g/mol. The van der Waals surface area contributed by atoms with Gasteiger partial charge in [0.05, 0.1) is 5.02 Å². The monoisotopic (exact) mass is 589 g/mol. The Kier molecular flexibility index (Phi) is 8.66. The molecule has 2 amide bonds. The van der Waals surface area contributed by atoms with Gasteiger partial charge >= 0.3 is 6.09 Å². The standard InChI is InChI=1S/C33H36ClN3O3S/c1-33(2,3)40-32(39)36(4)25-12-14-26(15-13-25)37(31(38)30-29(34)27-10-5-6-11-28(27)41-30)21-22-8-7-9-24(20-22)23-16-18-35-19-17-23/h5-11,16-20,25-26H,12-15,21H2,1-4H3. The molecular formula is C33H36ClN3O3S. The Bertz CT molecular complexity index is 1520. The van der Waals surface area contributed by atoms with Gasteiger partial charge < -0.3 is 14.5 Å². The first kappa shape index (κ1) is 29.1. The number of aromatic nitrogens is 1. The second kappa shape index (κ2) is 12.2. The third-order valence-electron chi connectivity index (χ3n) is 7.62. The predicted octanol–water partition coefficient (Wildman–Crippen LogP) is 8.44. The summed E-state index contributed by atoms with van der Waals surface area (Å²) in [4.78, 5) is 35.4. The molecule has 1 saturated carbocycles. The molecule has 0 bridgehead atoms. The van der Waals surface area contributed by atoms with Crippen LogP contribution in [-0.2, 0) is 11.3 Å². The van der Waals surface area contributed by atoms with Gasteiger partial charge in [-0.3, -0.25) is 9.78 Å². The fourth-order valence-electron chi connectivity index (χ4n) is 5.48. The number of thiophene rings is 1. The lowest BCUT2D eigenvalue weighted by Crippen LogP contribution is -2.47. The zero-order valence-corrected chi connectivity index (χ0v) is 25.5. The van der Waals surface area contributed by atoms with E-state index in [9.17, 15) is 9.59 Å². The van der Waals surface area contributed by atoms with Gasteiger partial charge in [-0.25, -0.2) is 4.79 Å². The van der Waals surface area contributed by atoms with Gasteiger partial charge in [-0.2, -0.15) is 0 Å². The summed E-state index contributed by atoms with van der Waals surface area (Å²) in [7, 11) is 1.81. The molecule has 0 N–H and O–H groups in total. The highest BCUT2D eigenvalue weighted by atomic mass is 35.5. The van der Waals surface area contributed by atoms with Crippen LogP contribution >= 0.6 is 22.9 Å². The molecule has 6 nitrogen and oxygen atoms in total. The minimum atomic E-state index is -0.542. The lowest BCUT2D eigenvalue weighted by molar-refractivity contribution is 0.0144. The van der Waals surface area contributed by atoms with Crippen LogP contribution in [0.2, 0.25) is 5.02 Å². The Hall–Kier alpha value is -3.42. The van der Waals surface area contributed by atoms with Gasteiger partial charge in [0.1, 0.15) is 10.5 Å². The number of rotatable bonds is 6. The largest absolute Gasteiger partial charge is 0.444 e. The fraction of sp³-hybridized carbons (Fsp3) is 0.364. The number of hydrogen-bond acceptors (Lipinski definition) is 5. The van der Waals surface area contributed by atoms with E-state index in [2.05, 4.69) is 23.2 Å². The highest BCUT2D eigenvalue weighted by molar-refractivity contribution is 7.21. The predicted molar refractivity (Wildman–Crippen MR) is 166 cm³/mol. The van der Waals surface area contributed by atoms with Crippen molar-refractivity contribution >= 4 is 45.0 Å². The third-order valence-corrected chi connectivity index (χ3v) is 9.28. The molecule has 1 aliphatic carbocycles. The summed E-state index contributed by atoms with van der Waals surface area (Å²) >= 11 is 8.24. The van der Waals surface area contributed by atoms with Crippen molar-refractivity contribution in [1.29, 1.82) is 0 Å². The zero-order valence-electron chi connectivity index (χ0n) is 24.0. The number of pyridine rings is 1.